The summed E-state index contributed by atoms with van der Waals surface area (Å²) in [5.41, 5.74) is 6.88. The van der Waals surface area contributed by atoms with Gasteiger partial charge in [-0.3, -0.25) is 0 Å². The topological polar surface area (TPSA) is 123 Å². The number of rotatable bonds is 4. The van der Waals surface area contributed by atoms with E-state index < -0.39 is 12.3 Å². The van der Waals surface area contributed by atoms with Crippen molar-refractivity contribution in [2.75, 3.05) is 24.3 Å². The maximum Gasteiger partial charge on any atom is 0.586 e. The first-order valence-corrected chi connectivity index (χ1v) is 10.2. The Morgan fingerprint density at radius 3 is 2.50 bits per heavy atom. The summed E-state index contributed by atoms with van der Waals surface area (Å²) in [6.45, 7) is 2.04. The van der Waals surface area contributed by atoms with E-state index in [-0.39, 0.29) is 17.1 Å². The zero-order valence-corrected chi connectivity index (χ0v) is 18.1. The fraction of sp³-hybridized carbons (Fsp3) is 0.476. The van der Waals surface area contributed by atoms with Crippen LogP contribution in [0.25, 0.3) is 0 Å². The molecule has 174 valence electrons. The lowest BCUT2D eigenvalue weighted by Crippen LogP contribution is -2.33. The molecule has 1 aliphatic heterocycles. The van der Waals surface area contributed by atoms with Gasteiger partial charge in [-0.2, -0.15) is 4.98 Å². The quantitative estimate of drug-likeness (QED) is 0.643. The predicted octanol–water partition coefficient (Wildman–Crippen LogP) is 3.24. The van der Waals surface area contributed by atoms with Crippen LogP contribution >= 0.6 is 0 Å². The minimum atomic E-state index is -3.71. The number of halogens is 2. The van der Waals surface area contributed by atoms with E-state index in [0.29, 0.717) is 12.1 Å². The number of aromatic nitrogens is 2. The van der Waals surface area contributed by atoms with Gasteiger partial charge in [-0.05, 0) is 50.8 Å². The molecule has 2 aromatic rings. The summed E-state index contributed by atoms with van der Waals surface area (Å²) in [5, 5.41) is 12.1. The summed E-state index contributed by atoms with van der Waals surface area (Å²) >= 11 is 0. The van der Waals surface area contributed by atoms with Gasteiger partial charge in [0.05, 0.1) is 5.56 Å². The van der Waals surface area contributed by atoms with Gasteiger partial charge in [0.25, 0.3) is 0 Å². The molecule has 1 aromatic heterocycles. The standard InChI is InChI=1S/C13H23N5.C8H4F2O4/c1-9-8-15-13(18(2)3)17-12(9)16-11-6-4-10(14)5-7-11;9-8(10)13-5-2-1-4(7(11)12)3-6(5)14-8/h8,10-11H,4-7,14H2,1-3H3,(H,15,16,17);1-3H,(H,11,12). The molecule has 1 saturated carbocycles. The van der Waals surface area contributed by atoms with Gasteiger partial charge in [0.1, 0.15) is 5.82 Å². The van der Waals surface area contributed by atoms with Gasteiger partial charge in [-0.15, -0.1) is 8.78 Å². The Morgan fingerprint density at radius 2 is 1.88 bits per heavy atom. The molecule has 4 N–H and O–H groups in total. The van der Waals surface area contributed by atoms with E-state index >= 15 is 0 Å². The summed E-state index contributed by atoms with van der Waals surface area (Å²) in [6, 6.07) is 4.14. The number of nitrogens with two attached hydrogens (primary N) is 1. The Morgan fingerprint density at radius 1 is 1.22 bits per heavy atom. The number of ether oxygens (including phenoxy) is 2. The number of nitrogens with zero attached hydrogens (tertiary/aromatic N) is 3. The third-order valence-corrected chi connectivity index (χ3v) is 5.12. The zero-order chi connectivity index (χ0) is 23.5. The number of hydrogen-bond acceptors (Lipinski definition) is 8. The molecule has 0 radical (unpaired) electrons. The van der Waals surface area contributed by atoms with Crippen LogP contribution in [0.15, 0.2) is 24.4 Å². The Hall–Kier alpha value is -3.21. The molecule has 0 saturated heterocycles. The fourth-order valence-electron chi connectivity index (χ4n) is 3.33. The smallest absolute Gasteiger partial charge is 0.478 e. The number of fused-ring (bicyclic) bond motifs is 1. The van der Waals surface area contributed by atoms with Gasteiger partial charge < -0.3 is 30.5 Å². The molecular weight excluding hydrogens is 424 g/mol. The van der Waals surface area contributed by atoms with Crippen molar-refractivity contribution in [3.63, 3.8) is 0 Å². The van der Waals surface area contributed by atoms with Gasteiger partial charge >= 0.3 is 12.3 Å². The van der Waals surface area contributed by atoms with E-state index in [1.54, 1.807) is 0 Å². The number of aromatic carboxylic acids is 1. The number of nitrogens with one attached hydrogen (secondary N) is 1. The molecule has 9 nitrogen and oxygen atoms in total. The van der Waals surface area contributed by atoms with Crippen LogP contribution < -0.4 is 25.4 Å². The van der Waals surface area contributed by atoms with E-state index in [9.17, 15) is 13.6 Å². The number of carbonyl (C=O) groups is 1. The van der Waals surface area contributed by atoms with Crippen LogP contribution in [0, 0.1) is 6.92 Å². The Balaban J connectivity index is 0.000000186. The number of aryl methyl sites for hydroxylation is 1. The second-order valence-corrected chi connectivity index (χ2v) is 7.99. The average molecular weight is 451 g/mol. The molecule has 2 aliphatic rings. The van der Waals surface area contributed by atoms with Crippen molar-refractivity contribution < 1.29 is 28.2 Å². The van der Waals surface area contributed by atoms with Crippen LogP contribution in [0.4, 0.5) is 20.5 Å². The molecule has 11 heteroatoms. The van der Waals surface area contributed by atoms with Crippen molar-refractivity contribution in [2.24, 2.45) is 5.73 Å². The third-order valence-electron chi connectivity index (χ3n) is 5.12. The SMILES string of the molecule is Cc1cnc(N(C)C)nc1NC1CCC(N)CC1.O=C(O)c1ccc2c(c1)OC(F)(F)O2. The number of alkyl halides is 2. The molecular formula is C21H27F2N5O4. The molecule has 0 atom stereocenters. The van der Waals surface area contributed by atoms with E-state index in [4.69, 9.17) is 10.8 Å². The van der Waals surface area contributed by atoms with Crippen LogP contribution in [0.2, 0.25) is 0 Å². The lowest BCUT2D eigenvalue weighted by atomic mass is 9.92. The molecule has 0 unspecified atom stereocenters. The van der Waals surface area contributed by atoms with Crippen molar-refractivity contribution in [2.45, 2.75) is 51.0 Å². The number of benzene rings is 1. The molecule has 2 heterocycles. The minimum absolute atomic E-state index is 0.134. The normalized spacial score (nSPS) is 20.7. The summed E-state index contributed by atoms with van der Waals surface area (Å²) in [6.07, 6.45) is 2.62. The first-order chi connectivity index (χ1) is 15.0. The second-order valence-electron chi connectivity index (χ2n) is 7.99. The second kappa shape index (κ2) is 9.51. The van der Waals surface area contributed by atoms with Crippen molar-refractivity contribution in [1.82, 2.24) is 9.97 Å². The molecule has 4 rings (SSSR count). The molecule has 32 heavy (non-hydrogen) atoms. The maximum atomic E-state index is 12.5. The van der Waals surface area contributed by atoms with Gasteiger partial charge in [-0.1, -0.05) is 0 Å². The molecule has 0 bridgehead atoms. The fourth-order valence-corrected chi connectivity index (χ4v) is 3.33. The highest BCUT2D eigenvalue weighted by Gasteiger charge is 2.43. The lowest BCUT2D eigenvalue weighted by Gasteiger charge is -2.28. The van der Waals surface area contributed by atoms with Crippen LogP contribution in [0.1, 0.15) is 41.6 Å². The van der Waals surface area contributed by atoms with E-state index in [1.807, 2.05) is 32.1 Å². The van der Waals surface area contributed by atoms with Gasteiger partial charge in [-0.25, -0.2) is 9.78 Å². The van der Waals surface area contributed by atoms with Crippen LogP contribution in [0.3, 0.4) is 0 Å². The Kier molecular flexibility index (Phi) is 6.97. The van der Waals surface area contributed by atoms with Crippen molar-refractivity contribution >= 4 is 17.7 Å². The Bertz CT molecular complexity index is 965. The number of hydrogen-bond donors (Lipinski definition) is 3. The molecule has 1 aromatic carbocycles. The van der Waals surface area contributed by atoms with Crippen molar-refractivity contribution in [3.8, 4) is 11.5 Å². The van der Waals surface area contributed by atoms with E-state index in [2.05, 4.69) is 24.8 Å². The highest BCUT2D eigenvalue weighted by molar-refractivity contribution is 5.88. The summed E-state index contributed by atoms with van der Waals surface area (Å²) in [4.78, 5) is 21.3. The maximum absolute atomic E-state index is 12.5. The van der Waals surface area contributed by atoms with Crippen molar-refractivity contribution in [3.05, 3.63) is 35.5 Å². The number of anilines is 2. The van der Waals surface area contributed by atoms with Crippen molar-refractivity contribution in [1.29, 1.82) is 0 Å². The highest BCUT2D eigenvalue weighted by atomic mass is 19.3. The van der Waals surface area contributed by atoms with Crippen LogP contribution in [0.5, 0.6) is 11.5 Å². The molecule has 0 amide bonds. The van der Waals surface area contributed by atoms with Crippen LogP contribution in [-0.4, -0.2) is 53.5 Å². The zero-order valence-electron chi connectivity index (χ0n) is 18.1. The largest absolute Gasteiger partial charge is 0.586 e. The number of carboxylic acid groups (broad SMARTS) is 1. The number of carboxylic acids is 1. The summed E-state index contributed by atoms with van der Waals surface area (Å²) < 4.78 is 33.1. The first kappa shape index (κ1) is 23.5. The molecule has 1 fully saturated rings. The average Bonchev–Trinajstić information content (AvgIpc) is 3.04. The molecule has 1 aliphatic carbocycles. The summed E-state index contributed by atoms with van der Waals surface area (Å²) in [7, 11) is 3.90. The minimum Gasteiger partial charge on any atom is -0.478 e. The van der Waals surface area contributed by atoms with E-state index in [1.165, 1.54) is 0 Å². The lowest BCUT2D eigenvalue weighted by molar-refractivity contribution is -0.286. The third kappa shape index (κ3) is 5.94. The van der Waals surface area contributed by atoms with Crippen LogP contribution in [-0.2, 0) is 0 Å². The van der Waals surface area contributed by atoms with Gasteiger partial charge in [0.2, 0.25) is 5.95 Å². The summed E-state index contributed by atoms with van der Waals surface area (Å²) in [5.74, 6) is 0.0475. The van der Waals surface area contributed by atoms with Gasteiger partial charge in [0.15, 0.2) is 11.5 Å². The molecule has 0 spiro atoms. The Labute approximate surface area is 184 Å². The first-order valence-electron chi connectivity index (χ1n) is 10.2. The predicted molar refractivity (Wildman–Crippen MR) is 115 cm³/mol. The highest BCUT2D eigenvalue weighted by Crippen LogP contribution is 2.41. The van der Waals surface area contributed by atoms with E-state index in [0.717, 1.165) is 61.2 Å². The monoisotopic (exact) mass is 451 g/mol. The van der Waals surface area contributed by atoms with Gasteiger partial charge in [0, 0.05) is 37.9 Å².